The van der Waals surface area contributed by atoms with Crippen LogP contribution in [0.1, 0.15) is 286 Å². The highest BCUT2D eigenvalue weighted by molar-refractivity contribution is 5.76. The Morgan fingerprint density at radius 3 is 1.10 bits per heavy atom. The Hall–Kier alpha value is -2.76. The van der Waals surface area contributed by atoms with Gasteiger partial charge in [0.2, 0.25) is 5.91 Å². The highest BCUT2D eigenvalue weighted by atomic mass is 19.1. The number of hydrogen-bond donors (Lipinski definition) is 1. The number of unbranched alkanes of at least 4 members (excludes halogenated alkanes) is 33. The van der Waals surface area contributed by atoms with Crippen LogP contribution in [-0.4, -0.2) is 79.1 Å². The van der Waals surface area contributed by atoms with E-state index in [0.717, 1.165) is 38.5 Å². The van der Waals surface area contributed by atoms with Gasteiger partial charge < -0.3 is 29.0 Å². The third-order valence-corrected chi connectivity index (χ3v) is 13.7. The minimum Gasteiger partial charge on any atom is -0.463 e. The standard InChI is InChI=1S/C57H104FNO10/c1-7-9-11-13-15-17-19-21-22-23-24-25-26-27-28-29-30-31-33-35-37-39-41-43-54(64)59-51(50(58)42-40-38-36-34-32-20-18-16-14-12-10-8-2)44-52-55(66-47(4)61)57(68-49(6)63)56(67-48(5)62)53(69-52)45-65-46(3)60/h50-53,55-57H,7-45H2,1-6H3,(H,59,64)/t50-,51-,52?,53-,55+,56+,57-/m1/s1. The van der Waals surface area contributed by atoms with Crippen molar-refractivity contribution in [1.82, 2.24) is 5.32 Å². The second-order valence-electron chi connectivity index (χ2n) is 20.4. The van der Waals surface area contributed by atoms with Gasteiger partial charge in [0.05, 0.1) is 6.04 Å². The van der Waals surface area contributed by atoms with Gasteiger partial charge in [-0.3, -0.25) is 24.0 Å². The van der Waals surface area contributed by atoms with E-state index in [1.54, 1.807) is 0 Å². The molecule has 1 heterocycles. The SMILES string of the molecule is CCCCCCCCCCCCCCCCCCCCCCCCCC(=O)N[C@H](CC1O[C@H](COC(C)=O)[C@H](OC(C)=O)[C@H](OC(C)=O)[C@H]1OC(C)=O)[C@H](F)CCCCCCCCCCCCCC. The molecule has 12 heteroatoms. The molecule has 11 nitrogen and oxygen atoms in total. The Bertz CT molecular complexity index is 1300. The van der Waals surface area contributed by atoms with Crippen molar-refractivity contribution in [3.63, 3.8) is 0 Å². The Balaban J connectivity index is 2.68. The molecular formula is C57H104FNO10. The summed E-state index contributed by atoms with van der Waals surface area (Å²) in [5.41, 5.74) is 0. The molecule has 404 valence electrons. The maximum Gasteiger partial charge on any atom is 0.303 e. The van der Waals surface area contributed by atoms with Gasteiger partial charge in [0.1, 0.15) is 25.0 Å². The van der Waals surface area contributed by atoms with Gasteiger partial charge in [-0.2, -0.15) is 0 Å². The molecule has 1 aliphatic heterocycles. The largest absolute Gasteiger partial charge is 0.463 e. The Morgan fingerprint density at radius 1 is 0.435 bits per heavy atom. The van der Waals surface area contributed by atoms with E-state index in [1.807, 2.05) is 0 Å². The minimum absolute atomic E-state index is 0.135. The molecule has 7 atom stereocenters. The first-order chi connectivity index (χ1) is 33.4. The van der Waals surface area contributed by atoms with Crippen LogP contribution in [0.25, 0.3) is 0 Å². The lowest BCUT2D eigenvalue weighted by molar-refractivity contribution is -0.254. The summed E-state index contributed by atoms with van der Waals surface area (Å²) in [4.78, 5) is 62.5. The van der Waals surface area contributed by atoms with Crippen molar-refractivity contribution in [2.45, 2.75) is 328 Å². The number of ether oxygens (including phenoxy) is 5. The number of halogens is 1. The Kier molecular flexibility index (Phi) is 41.0. The second-order valence-corrected chi connectivity index (χ2v) is 20.4. The summed E-state index contributed by atoms with van der Waals surface area (Å²) in [7, 11) is 0. The topological polar surface area (TPSA) is 144 Å². The fraction of sp³-hybridized carbons (Fsp3) is 0.912. The van der Waals surface area contributed by atoms with E-state index >= 15 is 4.39 Å². The van der Waals surface area contributed by atoms with Gasteiger partial charge in [-0.25, -0.2) is 4.39 Å². The molecule has 1 unspecified atom stereocenters. The van der Waals surface area contributed by atoms with Gasteiger partial charge in [-0.05, 0) is 12.8 Å². The zero-order valence-corrected chi connectivity index (χ0v) is 45.1. The predicted octanol–water partition coefficient (Wildman–Crippen LogP) is 14.8. The molecule has 0 radical (unpaired) electrons. The molecule has 0 aliphatic carbocycles. The van der Waals surface area contributed by atoms with E-state index in [-0.39, 0.29) is 31.8 Å². The molecule has 0 aromatic heterocycles. The van der Waals surface area contributed by atoms with Gasteiger partial charge in [-0.15, -0.1) is 0 Å². The normalized spacial score (nSPS) is 18.9. The Morgan fingerprint density at radius 2 is 0.754 bits per heavy atom. The fourth-order valence-corrected chi connectivity index (χ4v) is 9.79. The first kappa shape index (κ1) is 64.3. The second kappa shape index (κ2) is 44.0. The van der Waals surface area contributed by atoms with E-state index in [2.05, 4.69) is 19.2 Å². The van der Waals surface area contributed by atoms with Crippen LogP contribution in [0.4, 0.5) is 4.39 Å². The van der Waals surface area contributed by atoms with Gasteiger partial charge in [0.25, 0.3) is 0 Å². The summed E-state index contributed by atoms with van der Waals surface area (Å²) in [5.74, 6) is -3.08. The van der Waals surface area contributed by atoms with Crippen molar-refractivity contribution < 1.29 is 52.0 Å². The zero-order valence-electron chi connectivity index (χ0n) is 45.1. The number of carbonyl (C=O) groups excluding carboxylic acids is 5. The van der Waals surface area contributed by atoms with E-state index < -0.39 is 66.6 Å². The molecular weight excluding hydrogens is 878 g/mol. The van der Waals surface area contributed by atoms with Crippen molar-refractivity contribution in [3.8, 4) is 0 Å². The molecule has 0 saturated carbocycles. The Labute approximate surface area is 420 Å². The van der Waals surface area contributed by atoms with Crippen molar-refractivity contribution in [1.29, 1.82) is 0 Å². The average molecular weight is 982 g/mol. The smallest absolute Gasteiger partial charge is 0.303 e. The van der Waals surface area contributed by atoms with Crippen LogP contribution < -0.4 is 5.32 Å². The van der Waals surface area contributed by atoms with Crippen LogP contribution in [0, 0.1) is 0 Å². The maximum absolute atomic E-state index is 16.5. The quantitative estimate of drug-likeness (QED) is 0.0356. The maximum atomic E-state index is 16.5. The van der Waals surface area contributed by atoms with Crippen LogP contribution >= 0.6 is 0 Å². The molecule has 1 saturated heterocycles. The molecule has 0 aromatic rings. The van der Waals surface area contributed by atoms with E-state index in [9.17, 15) is 24.0 Å². The lowest BCUT2D eigenvalue weighted by Crippen LogP contribution is -2.63. The predicted molar refractivity (Wildman–Crippen MR) is 276 cm³/mol. The first-order valence-electron chi connectivity index (χ1n) is 28.6. The summed E-state index contributed by atoms with van der Waals surface area (Å²) in [6.45, 7) is 8.86. The van der Waals surface area contributed by atoms with Gasteiger partial charge in [-0.1, -0.05) is 232 Å². The molecule has 1 fully saturated rings. The third kappa shape index (κ3) is 35.9. The monoisotopic (exact) mass is 982 g/mol. The number of hydrogen-bond acceptors (Lipinski definition) is 10. The summed E-state index contributed by atoms with van der Waals surface area (Å²) in [6.07, 6.45) is 36.1. The fourth-order valence-electron chi connectivity index (χ4n) is 9.79. The number of rotatable bonds is 46. The van der Waals surface area contributed by atoms with Crippen LogP contribution in [0.15, 0.2) is 0 Å². The molecule has 0 bridgehead atoms. The van der Waals surface area contributed by atoms with E-state index in [4.69, 9.17) is 23.7 Å². The molecule has 1 aliphatic rings. The number of amides is 1. The molecule has 0 spiro atoms. The van der Waals surface area contributed by atoms with Crippen LogP contribution in [0.3, 0.4) is 0 Å². The molecule has 1 rings (SSSR count). The molecule has 1 amide bonds. The highest BCUT2D eigenvalue weighted by Crippen LogP contribution is 2.33. The van der Waals surface area contributed by atoms with Crippen molar-refractivity contribution in [2.24, 2.45) is 0 Å². The van der Waals surface area contributed by atoms with Crippen molar-refractivity contribution in [3.05, 3.63) is 0 Å². The van der Waals surface area contributed by atoms with Crippen LogP contribution in [0.2, 0.25) is 0 Å². The first-order valence-corrected chi connectivity index (χ1v) is 28.6. The van der Waals surface area contributed by atoms with Gasteiger partial charge in [0, 0.05) is 40.5 Å². The van der Waals surface area contributed by atoms with E-state index in [0.29, 0.717) is 12.8 Å². The summed E-state index contributed by atoms with van der Waals surface area (Å²) < 4.78 is 44.9. The zero-order chi connectivity index (χ0) is 50.7. The third-order valence-electron chi connectivity index (χ3n) is 13.7. The van der Waals surface area contributed by atoms with Crippen LogP contribution in [-0.2, 0) is 47.7 Å². The lowest BCUT2D eigenvalue weighted by atomic mass is 9.89. The van der Waals surface area contributed by atoms with Gasteiger partial charge >= 0.3 is 23.9 Å². The van der Waals surface area contributed by atoms with Crippen LogP contribution in [0.5, 0.6) is 0 Å². The number of carbonyl (C=O) groups is 5. The number of alkyl halides is 1. The average Bonchev–Trinajstić information content (AvgIpc) is 3.30. The highest BCUT2D eigenvalue weighted by Gasteiger charge is 2.52. The van der Waals surface area contributed by atoms with E-state index in [1.165, 1.54) is 201 Å². The number of nitrogens with one attached hydrogen (secondary N) is 1. The summed E-state index contributed by atoms with van der Waals surface area (Å²) in [5, 5.41) is 2.95. The number of esters is 4. The lowest BCUT2D eigenvalue weighted by Gasteiger charge is -2.45. The molecule has 69 heavy (non-hydrogen) atoms. The molecule has 0 aromatic carbocycles. The minimum atomic E-state index is -1.45. The van der Waals surface area contributed by atoms with Crippen molar-refractivity contribution in [2.75, 3.05) is 6.61 Å². The van der Waals surface area contributed by atoms with Crippen molar-refractivity contribution >= 4 is 29.8 Å². The summed E-state index contributed by atoms with van der Waals surface area (Å²) >= 11 is 0. The summed E-state index contributed by atoms with van der Waals surface area (Å²) in [6, 6.07) is -1.02. The van der Waals surface area contributed by atoms with Gasteiger partial charge in [0.15, 0.2) is 18.3 Å². The molecule has 1 N–H and O–H groups in total.